The van der Waals surface area contributed by atoms with Crippen LogP contribution in [-0.2, 0) is 21.4 Å². The number of amides is 2. The number of hydrogen-bond donors (Lipinski definition) is 1. The SMILES string of the molecule is CN1CC2CCC(C1)N2C(=O)C12C[C@H]1c1cc(F)ccc1-c1c(C3CCCCC3)c3ccc(C(=O)NS(=O)(=O)C4(C)CC4)cc3n1C2. The zero-order valence-corrected chi connectivity index (χ0v) is 28.0. The Kier molecular flexibility index (Phi) is 6.44. The molecule has 0 spiro atoms. The van der Waals surface area contributed by atoms with E-state index in [1.807, 2.05) is 18.2 Å². The maximum absolute atomic E-state index is 15.1. The first kappa shape index (κ1) is 29.9. The first-order valence-electron chi connectivity index (χ1n) is 17.5. The number of likely N-dealkylation sites (tertiary alicyclic amines) is 1. The molecule has 0 radical (unpaired) electrons. The molecule has 2 bridgehead atoms. The van der Waals surface area contributed by atoms with Crippen LogP contribution in [0.1, 0.15) is 104 Å². The van der Waals surface area contributed by atoms with Gasteiger partial charge in [0.1, 0.15) is 5.82 Å². The van der Waals surface area contributed by atoms with Crippen molar-refractivity contribution in [1.29, 1.82) is 0 Å². The average Bonchev–Trinajstić information content (AvgIpc) is 3.93. The Morgan fingerprint density at radius 1 is 0.957 bits per heavy atom. The zero-order chi connectivity index (χ0) is 32.5. The summed E-state index contributed by atoms with van der Waals surface area (Å²) in [6, 6.07) is 11.0. The lowest BCUT2D eigenvalue weighted by atomic mass is 9.81. The summed E-state index contributed by atoms with van der Waals surface area (Å²) in [6.07, 6.45) is 9.37. The number of aromatic nitrogens is 1. The first-order valence-corrected chi connectivity index (χ1v) is 19.0. The largest absolute Gasteiger partial charge is 0.339 e. The van der Waals surface area contributed by atoms with Gasteiger partial charge in [0, 0.05) is 59.7 Å². The molecule has 5 fully saturated rings. The van der Waals surface area contributed by atoms with Gasteiger partial charge in [-0.05, 0) is 106 Å². The van der Waals surface area contributed by atoms with Crippen molar-refractivity contribution in [3.05, 3.63) is 58.9 Å². The fourth-order valence-corrected chi connectivity index (χ4v) is 11.0. The molecule has 47 heavy (non-hydrogen) atoms. The standard InChI is InChI=1S/C37H43FN4O4S/c1-36(14-15-36)47(45,46)39-34(43)23-8-12-28-31(16-23)41-21-37(35(44)42-25-10-11-26(42)20-40(2)19-25)18-30(37)29-17-24(38)9-13-27(29)33(41)32(28)22-6-4-3-5-7-22/h8-9,12-13,16-17,22,25-26,30H,3-7,10-11,14-15,18-21H2,1-2H3,(H,39,43)/t25?,26?,30-,37?/m0/s1. The Hall–Kier alpha value is -3.24. The van der Waals surface area contributed by atoms with Crippen LogP contribution in [0.5, 0.6) is 0 Å². The second-order valence-corrected chi connectivity index (χ2v) is 18.0. The van der Waals surface area contributed by atoms with Gasteiger partial charge >= 0.3 is 0 Å². The van der Waals surface area contributed by atoms with Gasteiger partial charge in [0.25, 0.3) is 5.91 Å². The zero-order valence-electron chi connectivity index (χ0n) is 27.2. The molecule has 1 aromatic heterocycles. The van der Waals surface area contributed by atoms with Gasteiger partial charge in [0.05, 0.1) is 15.9 Å². The van der Waals surface area contributed by atoms with E-state index in [9.17, 15) is 18.0 Å². The van der Waals surface area contributed by atoms with Crippen LogP contribution >= 0.6 is 0 Å². The van der Waals surface area contributed by atoms with E-state index in [4.69, 9.17) is 0 Å². The second kappa shape index (κ2) is 10.1. The third-order valence-electron chi connectivity index (χ3n) is 12.7. The second-order valence-electron chi connectivity index (χ2n) is 15.8. The fourth-order valence-electron chi connectivity index (χ4n) is 9.74. The molecule has 4 atom stereocenters. The number of sulfonamides is 1. The number of carbonyl (C=O) groups is 2. The average molecular weight is 659 g/mol. The number of benzene rings is 2. The molecule has 3 aromatic rings. The summed E-state index contributed by atoms with van der Waals surface area (Å²) in [6.45, 7) is 3.87. The van der Waals surface area contributed by atoms with E-state index < -0.39 is 26.1 Å². The van der Waals surface area contributed by atoms with Crippen LogP contribution in [0.3, 0.4) is 0 Å². The van der Waals surface area contributed by atoms with Crippen LogP contribution in [0.2, 0.25) is 0 Å². The number of rotatable bonds is 5. The third-order valence-corrected chi connectivity index (χ3v) is 14.9. The quantitative estimate of drug-likeness (QED) is 0.369. The van der Waals surface area contributed by atoms with Crippen molar-refractivity contribution >= 4 is 32.7 Å². The molecule has 3 aliphatic carbocycles. The molecule has 6 aliphatic rings. The molecule has 2 amide bonds. The number of piperazine rings is 1. The molecule has 10 heteroatoms. The molecular formula is C37H43FN4O4S. The molecule has 8 nitrogen and oxygen atoms in total. The van der Waals surface area contributed by atoms with Crippen LogP contribution < -0.4 is 4.72 Å². The minimum Gasteiger partial charge on any atom is -0.339 e. The highest BCUT2D eigenvalue weighted by molar-refractivity contribution is 7.91. The highest BCUT2D eigenvalue weighted by atomic mass is 32.2. The van der Waals surface area contributed by atoms with Crippen LogP contribution in [-0.4, -0.2) is 71.6 Å². The van der Waals surface area contributed by atoms with E-state index in [1.165, 1.54) is 18.1 Å². The fraction of sp³-hybridized carbons (Fsp3) is 0.568. The Labute approximate surface area is 275 Å². The minimum absolute atomic E-state index is 0.0789. The maximum Gasteiger partial charge on any atom is 0.264 e. The number of halogens is 1. The van der Waals surface area contributed by atoms with Crippen molar-refractivity contribution in [1.82, 2.24) is 19.1 Å². The number of fused-ring (bicyclic) bond motifs is 9. The van der Waals surface area contributed by atoms with Gasteiger partial charge in [-0.1, -0.05) is 25.3 Å². The highest BCUT2D eigenvalue weighted by Gasteiger charge is 2.65. The van der Waals surface area contributed by atoms with Crippen LogP contribution in [0.4, 0.5) is 4.39 Å². The number of likely N-dealkylation sites (N-methyl/N-ethyl adjacent to an activating group) is 1. The molecular weight excluding hydrogens is 615 g/mol. The summed E-state index contributed by atoms with van der Waals surface area (Å²) in [7, 11) is -1.68. The van der Waals surface area contributed by atoms with Crippen molar-refractivity contribution in [2.45, 2.75) is 106 Å². The summed E-state index contributed by atoms with van der Waals surface area (Å²) >= 11 is 0. The monoisotopic (exact) mass is 658 g/mol. The Bertz CT molecular complexity index is 1950. The van der Waals surface area contributed by atoms with Crippen molar-refractivity contribution in [2.75, 3.05) is 20.1 Å². The topological polar surface area (TPSA) is 91.7 Å². The molecule has 248 valence electrons. The van der Waals surface area contributed by atoms with Crippen molar-refractivity contribution < 1.29 is 22.4 Å². The van der Waals surface area contributed by atoms with Crippen molar-refractivity contribution in [3.63, 3.8) is 0 Å². The molecule has 3 aliphatic heterocycles. The molecule has 4 heterocycles. The summed E-state index contributed by atoms with van der Waals surface area (Å²) in [5, 5.41) is 1.04. The van der Waals surface area contributed by atoms with Gasteiger partial charge in [-0.2, -0.15) is 0 Å². The maximum atomic E-state index is 15.1. The third kappa shape index (κ3) is 4.42. The molecule has 2 saturated heterocycles. The van der Waals surface area contributed by atoms with Gasteiger partial charge in [-0.15, -0.1) is 0 Å². The molecule has 3 unspecified atom stereocenters. The van der Waals surface area contributed by atoms with Crippen molar-refractivity contribution in [2.24, 2.45) is 5.41 Å². The number of nitrogens with zero attached hydrogens (tertiary/aromatic N) is 3. The lowest BCUT2D eigenvalue weighted by Crippen LogP contribution is -2.57. The van der Waals surface area contributed by atoms with Crippen LogP contribution in [0.15, 0.2) is 36.4 Å². The predicted octanol–water partition coefficient (Wildman–Crippen LogP) is 5.90. The van der Waals surface area contributed by atoms with Crippen LogP contribution in [0, 0.1) is 11.2 Å². The number of hydrogen-bond acceptors (Lipinski definition) is 5. The normalized spacial score (nSPS) is 29.5. The molecule has 2 aromatic carbocycles. The summed E-state index contributed by atoms with van der Waals surface area (Å²) in [4.78, 5) is 32.9. The molecule has 3 saturated carbocycles. The van der Waals surface area contributed by atoms with Gasteiger partial charge in [-0.25, -0.2) is 17.5 Å². The highest BCUT2D eigenvalue weighted by Crippen LogP contribution is 2.66. The van der Waals surface area contributed by atoms with E-state index in [0.717, 1.165) is 79.3 Å². The van der Waals surface area contributed by atoms with E-state index in [-0.39, 0.29) is 35.3 Å². The number of nitrogens with one attached hydrogen (secondary N) is 1. The smallest absolute Gasteiger partial charge is 0.264 e. The lowest BCUT2D eigenvalue weighted by molar-refractivity contribution is -0.143. The molecule has 9 rings (SSSR count). The van der Waals surface area contributed by atoms with E-state index in [1.54, 1.807) is 19.1 Å². The minimum atomic E-state index is -3.81. The van der Waals surface area contributed by atoms with Crippen molar-refractivity contribution in [3.8, 4) is 11.3 Å². The van der Waals surface area contributed by atoms with E-state index in [2.05, 4.69) is 26.1 Å². The Balaban J connectivity index is 1.22. The first-order chi connectivity index (χ1) is 22.5. The van der Waals surface area contributed by atoms with E-state index in [0.29, 0.717) is 31.7 Å². The molecule has 1 N–H and O–H groups in total. The lowest BCUT2D eigenvalue weighted by Gasteiger charge is -2.41. The summed E-state index contributed by atoms with van der Waals surface area (Å²) in [5.41, 5.74) is 4.60. The summed E-state index contributed by atoms with van der Waals surface area (Å²) in [5.74, 6) is -0.500. The number of carbonyl (C=O) groups excluding carboxylic acids is 2. The van der Waals surface area contributed by atoms with E-state index >= 15 is 4.39 Å². The van der Waals surface area contributed by atoms with Gasteiger partial charge in [0.15, 0.2) is 0 Å². The van der Waals surface area contributed by atoms with Gasteiger partial charge < -0.3 is 14.4 Å². The Morgan fingerprint density at radius 3 is 2.38 bits per heavy atom. The Morgan fingerprint density at radius 2 is 1.68 bits per heavy atom. The van der Waals surface area contributed by atoms with Crippen LogP contribution in [0.25, 0.3) is 22.2 Å². The van der Waals surface area contributed by atoms with Gasteiger partial charge in [-0.3, -0.25) is 9.59 Å². The van der Waals surface area contributed by atoms with Gasteiger partial charge in [0.2, 0.25) is 15.9 Å². The summed E-state index contributed by atoms with van der Waals surface area (Å²) < 4.78 is 44.8. The predicted molar refractivity (Wildman–Crippen MR) is 178 cm³/mol.